The van der Waals surface area contributed by atoms with Crippen molar-refractivity contribution in [3.63, 3.8) is 0 Å². The van der Waals surface area contributed by atoms with Crippen molar-refractivity contribution in [2.75, 3.05) is 6.54 Å². The van der Waals surface area contributed by atoms with Gasteiger partial charge in [0.2, 0.25) is 0 Å². The van der Waals surface area contributed by atoms with E-state index >= 15 is 0 Å². The number of nitrogens with zero attached hydrogens (tertiary/aromatic N) is 1. The molecule has 0 heterocycles. The second-order valence-corrected chi connectivity index (χ2v) is 6.10. The largest absolute Gasteiger partial charge is 0.328 e. The Morgan fingerprint density at radius 3 is 2.37 bits per heavy atom. The van der Waals surface area contributed by atoms with Crippen molar-refractivity contribution in [2.45, 2.75) is 57.7 Å². The summed E-state index contributed by atoms with van der Waals surface area (Å²) in [6.45, 7) is 4.46. The lowest BCUT2D eigenvalue weighted by atomic mass is 9.90. The molecule has 2 nitrogen and oxygen atoms in total. The van der Waals surface area contributed by atoms with Crippen LogP contribution in [-0.4, -0.2) is 23.5 Å². The van der Waals surface area contributed by atoms with Gasteiger partial charge in [0.1, 0.15) is 0 Å². The zero-order valence-corrected chi connectivity index (χ0v) is 12.6. The van der Waals surface area contributed by atoms with Crippen molar-refractivity contribution in [2.24, 2.45) is 5.73 Å². The van der Waals surface area contributed by atoms with E-state index in [1.54, 1.807) is 0 Å². The maximum Gasteiger partial charge on any atom is 0.0406 e. The number of halogens is 1. The summed E-state index contributed by atoms with van der Waals surface area (Å²) >= 11 is 5.95. The lowest BCUT2D eigenvalue weighted by Crippen LogP contribution is -2.40. The highest BCUT2D eigenvalue weighted by molar-refractivity contribution is 6.30. The van der Waals surface area contributed by atoms with E-state index in [9.17, 15) is 0 Å². The van der Waals surface area contributed by atoms with Gasteiger partial charge in [-0.15, -0.1) is 0 Å². The Kier molecular flexibility index (Phi) is 5.68. The molecule has 0 aliphatic heterocycles. The van der Waals surface area contributed by atoms with Gasteiger partial charge in [-0.2, -0.15) is 0 Å². The van der Waals surface area contributed by atoms with Crippen LogP contribution in [0.3, 0.4) is 0 Å². The van der Waals surface area contributed by atoms with Crippen LogP contribution in [-0.2, 0) is 6.54 Å². The second-order valence-electron chi connectivity index (χ2n) is 5.67. The fraction of sp³-hybridized carbons (Fsp3) is 0.625. The molecule has 0 aromatic heterocycles. The molecule has 19 heavy (non-hydrogen) atoms. The molecule has 0 amide bonds. The third kappa shape index (κ3) is 4.48. The van der Waals surface area contributed by atoms with E-state index in [1.807, 2.05) is 12.1 Å². The van der Waals surface area contributed by atoms with Crippen LogP contribution in [0, 0.1) is 0 Å². The van der Waals surface area contributed by atoms with Crippen LogP contribution in [0.15, 0.2) is 24.3 Å². The lowest BCUT2D eigenvalue weighted by Gasteiger charge is -2.36. The van der Waals surface area contributed by atoms with Crippen LogP contribution < -0.4 is 5.73 Å². The standard InChI is InChI=1S/C16H25ClN2/c1-2-11-19(16-9-7-15(18)8-10-16)12-13-3-5-14(17)6-4-13/h3-6,15-16H,2,7-12,18H2,1H3. The van der Waals surface area contributed by atoms with Crippen molar-refractivity contribution in [3.8, 4) is 0 Å². The lowest BCUT2D eigenvalue weighted by molar-refractivity contribution is 0.142. The summed E-state index contributed by atoms with van der Waals surface area (Å²) in [5.41, 5.74) is 7.36. The van der Waals surface area contributed by atoms with Gasteiger partial charge in [0.15, 0.2) is 0 Å². The van der Waals surface area contributed by atoms with Gasteiger partial charge in [-0.05, 0) is 56.3 Å². The Bertz CT molecular complexity index is 369. The van der Waals surface area contributed by atoms with Gasteiger partial charge in [-0.25, -0.2) is 0 Å². The molecule has 0 saturated heterocycles. The van der Waals surface area contributed by atoms with Crippen molar-refractivity contribution in [1.82, 2.24) is 4.90 Å². The van der Waals surface area contributed by atoms with E-state index in [0.29, 0.717) is 12.1 Å². The Labute approximate surface area is 121 Å². The third-order valence-corrected chi connectivity index (χ3v) is 4.32. The number of hydrogen-bond acceptors (Lipinski definition) is 2. The summed E-state index contributed by atoms with van der Waals surface area (Å²) in [5, 5.41) is 0.814. The Hall–Kier alpha value is -0.570. The number of benzene rings is 1. The van der Waals surface area contributed by atoms with Crippen LogP contribution in [0.5, 0.6) is 0 Å². The molecule has 1 aromatic carbocycles. The van der Waals surface area contributed by atoms with Crippen LogP contribution >= 0.6 is 11.6 Å². The molecule has 0 radical (unpaired) electrons. The molecular formula is C16H25ClN2. The molecule has 0 bridgehead atoms. The van der Waals surface area contributed by atoms with E-state index in [4.69, 9.17) is 17.3 Å². The number of rotatable bonds is 5. The highest BCUT2D eigenvalue weighted by Gasteiger charge is 2.23. The Morgan fingerprint density at radius 2 is 1.79 bits per heavy atom. The molecule has 1 saturated carbocycles. The molecule has 1 aliphatic carbocycles. The molecule has 2 rings (SSSR count). The van der Waals surface area contributed by atoms with Gasteiger partial charge in [0.05, 0.1) is 0 Å². The van der Waals surface area contributed by atoms with Crippen LogP contribution in [0.4, 0.5) is 0 Å². The fourth-order valence-corrected chi connectivity index (χ4v) is 3.10. The fourth-order valence-electron chi connectivity index (χ4n) is 2.97. The van der Waals surface area contributed by atoms with E-state index < -0.39 is 0 Å². The van der Waals surface area contributed by atoms with E-state index in [1.165, 1.54) is 44.2 Å². The van der Waals surface area contributed by atoms with E-state index in [-0.39, 0.29) is 0 Å². The molecule has 2 N–H and O–H groups in total. The zero-order valence-electron chi connectivity index (χ0n) is 11.8. The first kappa shape index (κ1) is 14.8. The summed E-state index contributed by atoms with van der Waals surface area (Å²) in [6, 6.07) is 9.38. The van der Waals surface area contributed by atoms with Crippen molar-refractivity contribution >= 4 is 11.6 Å². The monoisotopic (exact) mass is 280 g/mol. The molecule has 1 fully saturated rings. The minimum Gasteiger partial charge on any atom is -0.328 e. The zero-order chi connectivity index (χ0) is 13.7. The summed E-state index contributed by atoms with van der Waals surface area (Å²) < 4.78 is 0. The van der Waals surface area contributed by atoms with Crippen molar-refractivity contribution < 1.29 is 0 Å². The highest BCUT2D eigenvalue weighted by Crippen LogP contribution is 2.24. The van der Waals surface area contributed by atoms with Crippen LogP contribution in [0.1, 0.15) is 44.6 Å². The molecule has 0 spiro atoms. The molecule has 0 unspecified atom stereocenters. The number of nitrogens with two attached hydrogens (primary N) is 1. The Morgan fingerprint density at radius 1 is 1.16 bits per heavy atom. The average Bonchev–Trinajstić information content (AvgIpc) is 2.42. The van der Waals surface area contributed by atoms with Gasteiger partial charge in [0, 0.05) is 23.7 Å². The normalized spacial score (nSPS) is 23.8. The van der Waals surface area contributed by atoms with Crippen LogP contribution in [0.25, 0.3) is 0 Å². The minimum absolute atomic E-state index is 0.426. The average molecular weight is 281 g/mol. The minimum atomic E-state index is 0.426. The first-order chi connectivity index (χ1) is 9.19. The highest BCUT2D eigenvalue weighted by atomic mass is 35.5. The summed E-state index contributed by atoms with van der Waals surface area (Å²) in [7, 11) is 0. The quantitative estimate of drug-likeness (QED) is 0.888. The van der Waals surface area contributed by atoms with Gasteiger partial charge < -0.3 is 5.73 Å². The van der Waals surface area contributed by atoms with Gasteiger partial charge in [-0.1, -0.05) is 30.7 Å². The molecule has 1 aliphatic rings. The van der Waals surface area contributed by atoms with Crippen molar-refractivity contribution in [1.29, 1.82) is 0 Å². The first-order valence-corrected chi connectivity index (χ1v) is 7.81. The van der Waals surface area contributed by atoms with Gasteiger partial charge in [0.25, 0.3) is 0 Å². The van der Waals surface area contributed by atoms with Gasteiger partial charge >= 0.3 is 0 Å². The molecule has 0 atom stereocenters. The maximum atomic E-state index is 6.01. The summed E-state index contributed by atoms with van der Waals surface area (Å²) in [6.07, 6.45) is 6.04. The van der Waals surface area contributed by atoms with Gasteiger partial charge in [-0.3, -0.25) is 4.90 Å². The molecule has 3 heteroatoms. The predicted octanol–water partition coefficient (Wildman–Crippen LogP) is 3.82. The van der Waals surface area contributed by atoms with Crippen molar-refractivity contribution in [3.05, 3.63) is 34.9 Å². The maximum absolute atomic E-state index is 6.01. The second kappa shape index (κ2) is 7.28. The SMILES string of the molecule is CCCN(Cc1ccc(Cl)cc1)C1CCC(N)CC1. The number of hydrogen-bond donors (Lipinski definition) is 1. The molecular weight excluding hydrogens is 256 g/mol. The Balaban J connectivity index is 1.97. The van der Waals surface area contributed by atoms with E-state index in [2.05, 4.69) is 24.0 Å². The first-order valence-electron chi connectivity index (χ1n) is 7.43. The third-order valence-electron chi connectivity index (χ3n) is 4.07. The summed E-state index contributed by atoms with van der Waals surface area (Å²) in [4.78, 5) is 2.62. The van der Waals surface area contributed by atoms with E-state index in [0.717, 1.165) is 11.6 Å². The van der Waals surface area contributed by atoms with Crippen LogP contribution in [0.2, 0.25) is 5.02 Å². The topological polar surface area (TPSA) is 29.3 Å². The smallest absolute Gasteiger partial charge is 0.0406 e. The molecule has 106 valence electrons. The molecule has 1 aromatic rings. The summed E-state index contributed by atoms with van der Waals surface area (Å²) in [5.74, 6) is 0. The predicted molar refractivity (Wildman–Crippen MR) is 82.4 cm³/mol.